The van der Waals surface area contributed by atoms with E-state index in [9.17, 15) is 0 Å². The summed E-state index contributed by atoms with van der Waals surface area (Å²) in [6.07, 6.45) is 4.87. The molecule has 84 valence electrons. The van der Waals surface area contributed by atoms with Crippen LogP contribution < -0.4 is 0 Å². The first-order valence-electron chi connectivity index (χ1n) is 5.23. The molecule has 0 saturated heterocycles. The van der Waals surface area contributed by atoms with Gasteiger partial charge in [-0.3, -0.25) is 0 Å². The molecule has 0 spiro atoms. The molecule has 0 heterocycles. The summed E-state index contributed by atoms with van der Waals surface area (Å²) in [5.74, 6) is 0. The van der Waals surface area contributed by atoms with Crippen LogP contribution in [0.1, 0.15) is 39.5 Å². The molecule has 0 aliphatic carbocycles. The van der Waals surface area contributed by atoms with Gasteiger partial charge in [0.1, 0.15) is 4.32 Å². The second-order valence-corrected chi connectivity index (χ2v) is 5.41. The summed E-state index contributed by atoms with van der Waals surface area (Å²) < 4.78 is 0.960. The fourth-order valence-corrected chi connectivity index (χ4v) is 2.45. The lowest BCUT2D eigenvalue weighted by atomic mass is 10.3. The van der Waals surface area contributed by atoms with E-state index in [-0.39, 0.29) is 0 Å². The number of hydrogen-bond donors (Lipinski definition) is 0. The average Bonchev–Trinajstić information content (AvgIpc) is 2.18. The molecule has 0 aromatic heterocycles. The second kappa shape index (κ2) is 10.1. The number of rotatable bonds is 7. The number of thioether (sulfide) groups is 1. The van der Waals surface area contributed by atoms with Gasteiger partial charge in [0.15, 0.2) is 0 Å². The molecule has 0 radical (unpaired) electrons. The lowest BCUT2D eigenvalue weighted by Crippen LogP contribution is -2.29. The van der Waals surface area contributed by atoms with Crippen molar-refractivity contribution >= 4 is 39.9 Å². The zero-order valence-electron chi connectivity index (χ0n) is 9.09. The number of halogens is 1. The Morgan fingerprint density at radius 3 is 2.07 bits per heavy atom. The van der Waals surface area contributed by atoms with Crippen molar-refractivity contribution < 1.29 is 0 Å². The van der Waals surface area contributed by atoms with Gasteiger partial charge in [0.25, 0.3) is 0 Å². The summed E-state index contributed by atoms with van der Waals surface area (Å²) in [5, 5.41) is 0.563. The number of thiocarbonyl (C=S) groups is 1. The Morgan fingerprint density at radius 2 is 1.71 bits per heavy atom. The Labute approximate surface area is 103 Å². The smallest absolute Gasteiger partial charge is 0.137 e. The van der Waals surface area contributed by atoms with Gasteiger partial charge in [0.2, 0.25) is 0 Å². The maximum atomic E-state index is 5.66. The van der Waals surface area contributed by atoms with E-state index in [1.165, 1.54) is 25.7 Å². The molecular weight excluding hydrogens is 234 g/mol. The van der Waals surface area contributed by atoms with Crippen LogP contribution in [-0.4, -0.2) is 27.5 Å². The Bertz CT molecular complexity index is 145. The highest BCUT2D eigenvalue weighted by Gasteiger charge is 2.07. The number of alkyl halides is 1. The third-order valence-corrected chi connectivity index (χ3v) is 3.55. The standard InChI is InChI=1S/C10H20ClNS2/c1-3-5-7-12(8-6-4-2)10(13)14-9-11/h3-9H2,1-2H3. The van der Waals surface area contributed by atoms with Crippen molar-refractivity contribution in [3.05, 3.63) is 0 Å². The minimum Gasteiger partial charge on any atom is -0.357 e. The van der Waals surface area contributed by atoms with E-state index in [1.54, 1.807) is 11.8 Å². The van der Waals surface area contributed by atoms with Gasteiger partial charge in [-0.05, 0) is 12.8 Å². The molecule has 0 aliphatic heterocycles. The molecule has 0 atom stereocenters. The van der Waals surface area contributed by atoms with Crippen molar-refractivity contribution in [2.45, 2.75) is 39.5 Å². The molecule has 0 fully saturated rings. The summed E-state index contributed by atoms with van der Waals surface area (Å²) in [4.78, 5) is 2.29. The van der Waals surface area contributed by atoms with E-state index in [1.807, 2.05) is 0 Å². The minimum absolute atomic E-state index is 0.563. The fraction of sp³-hybridized carbons (Fsp3) is 0.900. The predicted molar refractivity (Wildman–Crippen MR) is 72.3 cm³/mol. The molecule has 0 rings (SSSR count). The van der Waals surface area contributed by atoms with Gasteiger partial charge < -0.3 is 4.90 Å². The molecular formula is C10H20ClNS2. The first kappa shape index (κ1) is 14.5. The maximum Gasteiger partial charge on any atom is 0.137 e. The second-order valence-electron chi connectivity index (χ2n) is 3.21. The van der Waals surface area contributed by atoms with Crippen LogP contribution in [0.15, 0.2) is 0 Å². The van der Waals surface area contributed by atoms with Gasteiger partial charge >= 0.3 is 0 Å². The van der Waals surface area contributed by atoms with Gasteiger partial charge in [0, 0.05) is 13.1 Å². The van der Waals surface area contributed by atoms with Crippen molar-refractivity contribution in [1.82, 2.24) is 4.90 Å². The van der Waals surface area contributed by atoms with E-state index in [4.69, 9.17) is 23.8 Å². The van der Waals surface area contributed by atoms with Crippen LogP contribution in [0, 0.1) is 0 Å². The third kappa shape index (κ3) is 6.91. The molecule has 0 aromatic rings. The Kier molecular flexibility index (Phi) is 10.4. The monoisotopic (exact) mass is 253 g/mol. The van der Waals surface area contributed by atoms with Crippen LogP contribution in [0.25, 0.3) is 0 Å². The van der Waals surface area contributed by atoms with Crippen LogP contribution in [-0.2, 0) is 0 Å². The lowest BCUT2D eigenvalue weighted by Gasteiger charge is -2.23. The topological polar surface area (TPSA) is 3.24 Å². The van der Waals surface area contributed by atoms with E-state index < -0.39 is 0 Å². The van der Waals surface area contributed by atoms with Gasteiger partial charge in [-0.1, -0.05) is 50.7 Å². The van der Waals surface area contributed by atoms with Crippen LogP contribution in [0.4, 0.5) is 0 Å². The van der Waals surface area contributed by atoms with Crippen LogP contribution in [0.3, 0.4) is 0 Å². The highest BCUT2D eigenvalue weighted by atomic mass is 35.5. The zero-order valence-corrected chi connectivity index (χ0v) is 11.5. The van der Waals surface area contributed by atoms with E-state index in [2.05, 4.69) is 18.7 Å². The largest absolute Gasteiger partial charge is 0.357 e. The summed E-state index contributed by atoms with van der Waals surface area (Å²) in [6, 6.07) is 0. The Morgan fingerprint density at radius 1 is 1.21 bits per heavy atom. The molecule has 0 unspecified atom stereocenters. The molecule has 0 aliphatic rings. The molecule has 0 saturated carbocycles. The SMILES string of the molecule is CCCCN(CCCC)C(=S)SCCl. The van der Waals surface area contributed by atoms with Crippen molar-refractivity contribution in [3.8, 4) is 0 Å². The van der Waals surface area contributed by atoms with Crippen molar-refractivity contribution in [3.63, 3.8) is 0 Å². The normalized spacial score (nSPS) is 10.2. The van der Waals surface area contributed by atoms with E-state index in [0.29, 0.717) is 5.21 Å². The molecule has 0 aromatic carbocycles. The predicted octanol–water partition coefficient (Wildman–Crippen LogP) is 4.10. The zero-order chi connectivity index (χ0) is 10.8. The number of nitrogens with zero attached hydrogens (tertiary/aromatic N) is 1. The van der Waals surface area contributed by atoms with E-state index in [0.717, 1.165) is 17.4 Å². The number of unbranched alkanes of at least 4 members (excludes halogenated alkanes) is 2. The summed E-state index contributed by atoms with van der Waals surface area (Å²) in [7, 11) is 0. The molecule has 0 amide bonds. The number of hydrogen-bond acceptors (Lipinski definition) is 2. The van der Waals surface area contributed by atoms with Crippen molar-refractivity contribution in [2.24, 2.45) is 0 Å². The fourth-order valence-electron chi connectivity index (χ4n) is 1.13. The van der Waals surface area contributed by atoms with Crippen molar-refractivity contribution in [1.29, 1.82) is 0 Å². The molecule has 0 N–H and O–H groups in total. The van der Waals surface area contributed by atoms with Crippen LogP contribution in [0.2, 0.25) is 0 Å². The van der Waals surface area contributed by atoms with E-state index >= 15 is 0 Å². The first-order chi connectivity index (χ1) is 6.76. The molecule has 1 nitrogen and oxygen atoms in total. The lowest BCUT2D eigenvalue weighted by molar-refractivity contribution is 0.411. The van der Waals surface area contributed by atoms with Crippen LogP contribution >= 0.6 is 35.6 Å². The molecule has 0 bridgehead atoms. The summed E-state index contributed by atoms with van der Waals surface area (Å²) in [6.45, 7) is 6.57. The third-order valence-electron chi connectivity index (χ3n) is 2.00. The van der Waals surface area contributed by atoms with Crippen LogP contribution in [0.5, 0.6) is 0 Å². The highest BCUT2D eigenvalue weighted by molar-refractivity contribution is 8.23. The molecule has 14 heavy (non-hydrogen) atoms. The average molecular weight is 254 g/mol. The first-order valence-corrected chi connectivity index (χ1v) is 7.16. The highest BCUT2D eigenvalue weighted by Crippen LogP contribution is 2.12. The van der Waals surface area contributed by atoms with Gasteiger partial charge in [-0.25, -0.2) is 0 Å². The van der Waals surface area contributed by atoms with Gasteiger partial charge in [-0.15, -0.1) is 11.6 Å². The summed E-state index contributed by atoms with van der Waals surface area (Å²) in [5.41, 5.74) is 0. The Balaban J connectivity index is 3.88. The maximum absolute atomic E-state index is 5.66. The van der Waals surface area contributed by atoms with Gasteiger partial charge in [-0.2, -0.15) is 0 Å². The van der Waals surface area contributed by atoms with Gasteiger partial charge in [0.05, 0.1) is 5.21 Å². The van der Waals surface area contributed by atoms with Crippen molar-refractivity contribution in [2.75, 3.05) is 18.3 Å². The quantitative estimate of drug-likeness (QED) is 0.497. The minimum atomic E-state index is 0.563. The molecule has 4 heteroatoms. The summed E-state index contributed by atoms with van der Waals surface area (Å²) >= 11 is 12.5. The Hall–Kier alpha value is 0.530.